The Balaban J connectivity index is 2.65. The molecule has 0 spiro atoms. The molecule has 0 saturated heterocycles. The summed E-state index contributed by atoms with van der Waals surface area (Å²) >= 11 is 12.0. The van der Waals surface area contributed by atoms with Crippen molar-refractivity contribution in [2.45, 2.75) is 6.92 Å². The molecule has 0 unspecified atom stereocenters. The third kappa shape index (κ3) is 1.77. The average molecular weight is 259 g/mol. The zero-order valence-electron chi connectivity index (χ0n) is 8.38. The SMILES string of the molecule is Cc1cc(Cl)c(C2=C(O)COC2=O)c(Cl)c1. The number of ether oxygens (including phenoxy) is 1. The molecule has 0 aliphatic carbocycles. The van der Waals surface area contributed by atoms with Crippen LogP contribution in [0.15, 0.2) is 17.9 Å². The minimum atomic E-state index is -0.606. The highest BCUT2D eigenvalue weighted by molar-refractivity contribution is 6.40. The van der Waals surface area contributed by atoms with E-state index in [1.54, 1.807) is 12.1 Å². The Bertz CT molecular complexity index is 483. The van der Waals surface area contributed by atoms with Gasteiger partial charge in [-0.3, -0.25) is 0 Å². The number of hydrogen-bond acceptors (Lipinski definition) is 3. The number of rotatable bonds is 1. The van der Waals surface area contributed by atoms with Crippen molar-refractivity contribution in [2.24, 2.45) is 0 Å². The lowest BCUT2D eigenvalue weighted by Gasteiger charge is -2.07. The van der Waals surface area contributed by atoms with E-state index in [4.69, 9.17) is 27.9 Å². The molecule has 2 rings (SSSR count). The van der Waals surface area contributed by atoms with Crippen LogP contribution in [0, 0.1) is 6.92 Å². The fourth-order valence-electron chi connectivity index (χ4n) is 1.58. The van der Waals surface area contributed by atoms with Crippen LogP contribution in [-0.4, -0.2) is 17.7 Å². The van der Waals surface area contributed by atoms with Gasteiger partial charge in [0.2, 0.25) is 0 Å². The summed E-state index contributed by atoms with van der Waals surface area (Å²) in [5.74, 6) is -0.747. The molecular formula is C11H8Cl2O3. The number of benzene rings is 1. The number of aryl methyl sites for hydroxylation is 1. The Labute approximate surface area is 102 Å². The van der Waals surface area contributed by atoms with Crippen molar-refractivity contribution in [1.29, 1.82) is 0 Å². The zero-order chi connectivity index (χ0) is 11.9. The minimum Gasteiger partial charge on any atom is -0.508 e. The third-order valence-electron chi connectivity index (χ3n) is 2.27. The van der Waals surface area contributed by atoms with Crippen molar-refractivity contribution >= 4 is 34.7 Å². The molecule has 0 atom stereocenters. The van der Waals surface area contributed by atoms with Crippen LogP contribution in [0.4, 0.5) is 0 Å². The fourth-order valence-corrected chi connectivity index (χ4v) is 2.37. The lowest BCUT2D eigenvalue weighted by atomic mass is 10.0. The number of halogens is 2. The van der Waals surface area contributed by atoms with Gasteiger partial charge in [0.1, 0.15) is 17.9 Å². The number of carbonyl (C=O) groups excluding carboxylic acids is 1. The van der Waals surface area contributed by atoms with Gasteiger partial charge in [-0.2, -0.15) is 0 Å². The van der Waals surface area contributed by atoms with Gasteiger partial charge >= 0.3 is 5.97 Å². The van der Waals surface area contributed by atoms with Crippen LogP contribution in [0.1, 0.15) is 11.1 Å². The highest BCUT2D eigenvalue weighted by atomic mass is 35.5. The molecular weight excluding hydrogens is 251 g/mol. The van der Waals surface area contributed by atoms with Gasteiger partial charge in [0.15, 0.2) is 0 Å². The fraction of sp³-hybridized carbons (Fsp3) is 0.182. The first-order valence-electron chi connectivity index (χ1n) is 4.56. The number of cyclic esters (lactones) is 1. The summed E-state index contributed by atoms with van der Waals surface area (Å²) in [5, 5.41) is 10.2. The maximum atomic E-state index is 11.4. The predicted octanol–water partition coefficient (Wildman–Crippen LogP) is 3.13. The average Bonchev–Trinajstić information content (AvgIpc) is 2.47. The number of hydrogen-bond donors (Lipinski definition) is 1. The van der Waals surface area contributed by atoms with Crippen LogP contribution in [0.25, 0.3) is 5.57 Å². The molecule has 5 heteroatoms. The van der Waals surface area contributed by atoms with Gasteiger partial charge in [0, 0.05) is 5.56 Å². The van der Waals surface area contributed by atoms with Gasteiger partial charge in [0.05, 0.1) is 10.0 Å². The summed E-state index contributed by atoms with van der Waals surface area (Å²) in [7, 11) is 0. The molecule has 16 heavy (non-hydrogen) atoms. The van der Waals surface area contributed by atoms with Crippen molar-refractivity contribution < 1.29 is 14.6 Å². The molecule has 1 heterocycles. The predicted molar refractivity (Wildman–Crippen MR) is 61.7 cm³/mol. The van der Waals surface area contributed by atoms with Crippen LogP contribution in [0.3, 0.4) is 0 Å². The van der Waals surface area contributed by atoms with Crippen LogP contribution < -0.4 is 0 Å². The van der Waals surface area contributed by atoms with Crippen LogP contribution in [-0.2, 0) is 9.53 Å². The van der Waals surface area contributed by atoms with E-state index in [-0.39, 0.29) is 17.9 Å². The van der Waals surface area contributed by atoms with Crippen LogP contribution in [0.5, 0.6) is 0 Å². The lowest BCUT2D eigenvalue weighted by molar-refractivity contribution is -0.134. The number of aliphatic hydroxyl groups excluding tert-OH is 1. The van der Waals surface area contributed by atoms with Crippen molar-refractivity contribution in [3.63, 3.8) is 0 Å². The summed E-state index contributed by atoms with van der Waals surface area (Å²) in [6.07, 6.45) is 0. The molecule has 1 aliphatic rings. The third-order valence-corrected chi connectivity index (χ3v) is 2.87. The second-order valence-electron chi connectivity index (χ2n) is 3.50. The van der Waals surface area contributed by atoms with E-state index in [0.29, 0.717) is 15.6 Å². The van der Waals surface area contributed by atoms with Gasteiger partial charge < -0.3 is 9.84 Å². The van der Waals surface area contributed by atoms with E-state index < -0.39 is 5.97 Å². The van der Waals surface area contributed by atoms with E-state index >= 15 is 0 Å². The Kier molecular flexibility index (Phi) is 2.82. The molecule has 1 aromatic rings. The highest BCUT2D eigenvalue weighted by Gasteiger charge is 2.29. The second-order valence-corrected chi connectivity index (χ2v) is 4.32. The summed E-state index contributed by atoms with van der Waals surface area (Å²) in [5.41, 5.74) is 1.26. The van der Waals surface area contributed by atoms with E-state index in [0.717, 1.165) is 5.56 Å². The summed E-state index contributed by atoms with van der Waals surface area (Å²) < 4.78 is 4.69. The van der Waals surface area contributed by atoms with Gasteiger partial charge in [-0.25, -0.2) is 4.79 Å². The maximum Gasteiger partial charge on any atom is 0.342 e. The molecule has 0 radical (unpaired) electrons. The highest BCUT2D eigenvalue weighted by Crippen LogP contribution is 2.36. The monoisotopic (exact) mass is 258 g/mol. The second kappa shape index (κ2) is 4.00. The number of aliphatic hydroxyl groups is 1. The molecule has 3 nitrogen and oxygen atoms in total. The lowest BCUT2D eigenvalue weighted by Crippen LogP contribution is -2.00. The Morgan fingerprint density at radius 1 is 1.31 bits per heavy atom. The van der Waals surface area contributed by atoms with Crippen molar-refractivity contribution in [3.05, 3.63) is 39.1 Å². The van der Waals surface area contributed by atoms with Gasteiger partial charge in [-0.05, 0) is 24.6 Å². The molecule has 0 saturated carbocycles. The number of esters is 1. The Morgan fingerprint density at radius 2 is 1.88 bits per heavy atom. The summed E-state index contributed by atoms with van der Waals surface area (Å²) in [6, 6.07) is 3.35. The molecule has 0 fully saturated rings. The normalized spacial score (nSPS) is 15.6. The Morgan fingerprint density at radius 3 is 2.31 bits per heavy atom. The van der Waals surface area contributed by atoms with Crippen LogP contribution in [0.2, 0.25) is 10.0 Å². The van der Waals surface area contributed by atoms with E-state index in [1.807, 2.05) is 6.92 Å². The van der Waals surface area contributed by atoms with Gasteiger partial charge in [-0.1, -0.05) is 23.2 Å². The topological polar surface area (TPSA) is 46.5 Å². The Hall–Kier alpha value is -1.19. The molecule has 1 N–H and O–H groups in total. The molecule has 0 amide bonds. The zero-order valence-corrected chi connectivity index (χ0v) is 9.89. The molecule has 0 bridgehead atoms. The van der Waals surface area contributed by atoms with Crippen molar-refractivity contribution in [1.82, 2.24) is 0 Å². The molecule has 1 aliphatic heterocycles. The van der Waals surface area contributed by atoms with E-state index in [2.05, 4.69) is 0 Å². The largest absolute Gasteiger partial charge is 0.508 e. The molecule has 0 aromatic heterocycles. The van der Waals surface area contributed by atoms with Gasteiger partial charge in [0.25, 0.3) is 0 Å². The maximum absolute atomic E-state index is 11.4. The van der Waals surface area contributed by atoms with E-state index in [9.17, 15) is 9.90 Å². The first-order valence-corrected chi connectivity index (χ1v) is 5.31. The molecule has 1 aromatic carbocycles. The van der Waals surface area contributed by atoms with Gasteiger partial charge in [-0.15, -0.1) is 0 Å². The summed E-state index contributed by atoms with van der Waals surface area (Å²) in [6.45, 7) is 1.71. The number of carbonyl (C=O) groups is 1. The molecule has 84 valence electrons. The van der Waals surface area contributed by atoms with Crippen molar-refractivity contribution in [2.75, 3.05) is 6.61 Å². The van der Waals surface area contributed by atoms with Crippen molar-refractivity contribution in [3.8, 4) is 0 Å². The standard InChI is InChI=1S/C11H8Cl2O3/c1-5-2-6(12)9(7(13)3-5)10-8(14)4-16-11(10)15/h2-3,14H,4H2,1H3. The quantitative estimate of drug-likeness (QED) is 0.788. The van der Waals surface area contributed by atoms with Crippen LogP contribution >= 0.6 is 23.2 Å². The smallest absolute Gasteiger partial charge is 0.342 e. The summed E-state index contributed by atoms with van der Waals surface area (Å²) in [4.78, 5) is 11.4. The first-order chi connectivity index (χ1) is 7.50. The van der Waals surface area contributed by atoms with E-state index in [1.165, 1.54) is 0 Å². The minimum absolute atomic E-state index is 0.0509. The first kappa shape index (κ1) is 11.3.